The Morgan fingerprint density at radius 3 is 2.64 bits per heavy atom. The van der Waals surface area contributed by atoms with E-state index in [0.29, 0.717) is 12.8 Å². The lowest BCUT2D eigenvalue weighted by molar-refractivity contribution is -0.121. The molecule has 3 nitrogen and oxygen atoms in total. The molecule has 0 aliphatic rings. The number of amides is 1. The topological polar surface area (TPSA) is 38.3 Å². The van der Waals surface area contributed by atoms with Gasteiger partial charge in [-0.2, -0.15) is 0 Å². The van der Waals surface area contributed by atoms with Crippen LogP contribution in [0.2, 0.25) is 0 Å². The van der Waals surface area contributed by atoms with Crippen LogP contribution in [-0.2, 0) is 11.2 Å². The summed E-state index contributed by atoms with van der Waals surface area (Å²) in [6, 6.07) is 15.8. The van der Waals surface area contributed by atoms with Gasteiger partial charge >= 0.3 is 0 Å². The molecule has 2 rings (SSSR count). The lowest BCUT2D eigenvalue weighted by Crippen LogP contribution is -2.26. The van der Waals surface area contributed by atoms with Crippen molar-refractivity contribution >= 4 is 21.8 Å². The smallest absolute Gasteiger partial charge is 0.220 e. The van der Waals surface area contributed by atoms with E-state index in [-0.39, 0.29) is 11.9 Å². The third-order valence-corrected chi connectivity index (χ3v) is 4.05. The number of methoxy groups -OCH3 is 1. The van der Waals surface area contributed by atoms with Crippen molar-refractivity contribution in [1.82, 2.24) is 5.32 Å². The normalized spacial score (nSPS) is 11.8. The average molecular weight is 362 g/mol. The number of hydrogen-bond acceptors (Lipinski definition) is 2. The maximum Gasteiger partial charge on any atom is 0.220 e. The van der Waals surface area contributed by atoms with Crippen LogP contribution in [0.4, 0.5) is 0 Å². The minimum absolute atomic E-state index is 0.00547. The minimum Gasteiger partial charge on any atom is -0.497 e. The van der Waals surface area contributed by atoms with Crippen molar-refractivity contribution in [2.75, 3.05) is 7.11 Å². The molecule has 2 aromatic carbocycles. The van der Waals surface area contributed by atoms with Crippen LogP contribution >= 0.6 is 15.9 Å². The Labute approximate surface area is 139 Å². The highest BCUT2D eigenvalue weighted by atomic mass is 79.9. The van der Waals surface area contributed by atoms with E-state index in [0.717, 1.165) is 21.3 Å². The second-order valence-corrected chi connectivity index (χ2v) is 6.11. The van der Waals surface area contributed by atoms with Gasteiger partial charge in [0.15, 0.2) is 0 Å². The molecule has 0 saturated carbocycles. The monoisotopic (exact) mass is 361 g/mol. The number of hydrogen-bond donors (Lipinski definition) is 1. The molecule has 1 atom stereocenters. The van der Waals surface area contributed by atoms with Crippen LogP contribution in [0.5, 0.6) is 5.75 Å². The summed E-state index contributed by atoms with van der Waals surface area (Å²) in [5.74, 6) is 0.874. The van der Waals surface area contributed by atoms with Gasteiger partial charge in [0, 0.05) is 10.9 Å². The molecule has 0 aromatic heterocycles. The van der Waals surface area contributed by atoms with E-state index in [1.54, 1.807) is 7.11 Å². The molecule has 0 aliphatic carbocycles. The fourth-order valence-corrected chi connectivity index (χ4v) is 2.50. The molecule has 0 aliphatic heterocycles. The second kappa shape index (κ2) is 7.99. The van der Waals surface area contributed by atoms with Crippen LogP contribution in [0.1, 0.15) is 30.5 Å². The third kappa shape index (κ3) is 4.88. The van der Waals surface area contributed by atoms with Crippen molar-refractivity contribution in [3.05, 3.63) is 64.1 Å². The molecule has 1 amide bonds. The zero-order chi connectivity index (χ0) is 15.9. The lowest BCUT2D eigenvalue weighted by Gasteiger charge is -2.14. The van der Waals surface area contributed by atoms with Gasteiger partial charge in [-0.1, -0.05) is 40.2 Å². The fourth-order valence-electron chi connectivity index (χ4n) is 2.23. The highest BCUT2D eigenvalue weighted by Crippen LogP contribution is 2.17. The summed E-state index contributed by atoms with van der Waals surface area (Å²) in [7, 11) is 1.64. The number of rotatable bonds is 6. The van der Waals surface area contributed by atoms with E-state index in [1.165, 1.54) is 0 Å². The molecule has 0 fully saturated rings. The summed E-state index contributed by atoms with van der Waals surface area (Å²) in [5, 5.41) is 3.03. The summed E-state index contributed by atoms with van der Waals surface area (Å²) in [5.41, 5.74) is 2.20. The second-order valence-electron chi connectivity index (χ2n) is 5.19. The predicted molar refractivity (Wildman–Crippen MR) is 92.0 cm³/mol. The Morgan fingerprint density at radius 2 is 1.95 bits per heavy atom. The first-order valence-corrected chi connectivity index (χ1v) is 8.05. The van der Waals surface area contributed by atoms with Crippen LogP contribution in [0.25, 0.3) is 0 Å². The Kier molecular flexibility index (Phi) is 6.01. The van der Waals surface area contributed by atoms with Crippen molar-refractivity contribution in [1.29, 1.82) is 0 Å². The summed E-state index contributed by atoms with van der Waals surface area (Å²) in [4.78, 5) is 12.1. The average Bonchev–Trinajstić information content (AvgIpc) is 2.53. The highest BCUT2D eigenvalue weighted by Gasteiger charge is 2.09. The van der Waals surface area contributed by atoms with E-state index in [9.17, 15) is 4.79 Å². The maximum atomic E-state index is 12.1. The van der Waals surface area contributed by atoms with Crippen LogP contribution in [0.3, 0.4) is 0 Å². The van der Waals surface area contributed by atoms with Crippen molar-refractivity contribution in [3.63, 3.8) is 0 Å². The molecule has 0 saturated heterocycles. The highest BCUT2D eigenvalue weighted by molar-refractivity contribution is 9.10. The predicted octanol–water partition coefficient (Wildman–Crippen LogP) is 4.27. The number of benzene rings is 2. The van der Waals surface area contributed by atoms with Crippen LogP contribution < -0.4 is 10.1 Å². The molecule has 22 heavy (non-hydrogen) atoms. The molecule has 116 valence electrons. The summed E-state index contributed by atoms with van der Waals surface area (Å²) < 4.78 is 6.22. The van der Waals surface area contributed by atoms with Gasteiger partial charge in [0.2, 0.25) is 5.91 Å². The van der Waals surface area contributed by atoms with Crippen molar-refractivity contribution in [2.45, 2.75) is 25.8 Å². The van der Waals surface area contributed by atoms with Gasteiger partial charge in [0.25, 0.3) is 0 Å². The summed E-state index contributed by atoms with van der Waals surface area (Å²) in [6.45, 7) is 1.99. The summed E-state index contributed by atoms with van der Waals surface area (Å²) in [6.07, 6.45) is 1.17. The zero-order valence-electron chi connectivity index (χ0n) is 12.8. The number of ether oxygens (including phenoxy) is 1. The third-order valence-electron chi connectivity index (χ3n) is 3.52. The SMILES string of the molecule is COc1cccc(CCC(=O)NC(C)c2ccc(Br)cc2)c1. The lowest BCUT2D eigenvalue weighted by atomic mass is 10.1. The van der Waals surface area contributed by atoms with Crippen molar-refractivity contribution in [2.24, 2.45) is 0 Å². The van der Waals surface area contributed by atoms with Gasteiger partial charge in [-0.3, -0.25) is 4.79 Å². The van der Waals surface area contributed by atoms with Gasteiger partial charge in [0.05, 0.1) is 13.2 Å². The Bertz CT molecular complexity index is 625. The van der Waals surface area contributed by atoms with Gasteiger partial charge < -0.3 is 10.1 Å². The molecule has 2 aromatic rings. The Hall–Kier alpha value is -1.81. The van der Waals surface area contributed by atoms with Gasteiger partial charge in [-0.15, -0.1) is 0 Å². The number of halogens is 1. The molecule has 0 spiro atoms. The first-order valence-electron chi connectivity index (χ1n) is 7.26. The number of carbonyl (C=O) groups is 1. The van der Waals surface area contributed by atoms with Crippen molar-refractivity contribution < 1.29 is 9.53 Å². The largest absolute Gasteiger partial charge is 0.497 e. The molecular weight excluding hydrogens is 342 g/mol. The molecular formula is C18H20BrNO2. The van der Waals surface area contributed by atoms with Gasteiger partial charge in [-0.05, 0) is 48.7 Å². The molecule has 1 unspecified atom stereocenters. The van der Waals surface area contributed by atoms with E-state index in [1.807, 2.05) is 55.5 Å². The quantitative estimate of drug-likeness (QED) is 0.834. The first-order chi connectivity index (χ1) is 10.6. The standard InChI is InChI=1S/C18H20BrNO2/c1-13(15-7-9-16(19)10-8-15)20-18(21)11-6-14-4-3-5-17(12-14)22-2/h3-5,7-10,12-13H,6,11H2,1-2H3,(H,20,21). The van der Waals surface area contributed by atoms with E-state index in [4.69, 9.17) is 4.74 Å². The molecule has 0 bridgehead atoms. The molecule has 0 heterocycles. The zero-order valence-corrected chi connectivity index (χ0v) is 14.4. The van der Waals surface area contributed by atoms with Crippen LogP contribution in [-0.4, -0.2) is 13.0 Å². The van der Waals surface area contributed by atoms with E-state index < -0.39 is 0 Å². The van der Waals surface area contributed by atoms with Crippen LogP contribution in [0, 0.1) is 0 Å². The Morgan fingerprint density at radius 1 is 1.23 bits per heavy atom. The first kappa shape index (κ1) is 16.6. The van der Waals surface area contributed by atoms with Gasteiger partial charge in [0.1, 0.15) is 5.75 Å². The Balaban J connectivity index is 1.85. The molecule has 0 radical (unpaired) electrons. The van der Waals surface area contributed by atoms with Crippen molar-refractivity contribution in [3.8, 4) is 5.75 Å². The fraction of sp³-hybridized carbons (Fsp3) is 0.278. The number of carbonyl (C=O) groups excluding carboxylic acids is 1. The van der Waals surface area contributed by atoms with Gasteiger partial charge in [-0.25, -0.2) is 0 Å². The van der Waals surface area contributed by atoms with E-state index >= 15 is 0 Å². The minimum atomic E-state index is 0.00547. The maximum absolute atomic E-state index is 12.1. The molecule has 4 heteroatoms. The number of aryl methyl sites for hydroxylation is 1. The number of nitrogens with one attached hydrogen (secondary N) is 1. The molecule has 1 N–H and O–H groups in total. The van der Waals surface area contributed by atoms with Crippen LogP contribution in [0.15, 0.2) is 53.0 Å². The summed E-state index contributed by atoms with van der Waals surface area (Å²) >= 11 is 3.41. The van der Waals surface area contributed by atoms with E-state index in [2.05, 4.69) is 21.2 Å².